The standard InChI is InChI=1S/C16H11N3O5.C16H13N3O3.C11H6N2O3.C11H7NO.C5H6BrNO2/c20-13-7-6-12(15(21)17-13)18-11-5-4-10(19(23)24)8-2-1-3-9(14(8)11)16(18)22;17-10-4-5-11-14-8(10)2-1-3-9(14)16(22)19(11)12-6-7-13(20)18-15(12)21;14-11-7-3-1-2-6-9(13(15)16)5-4-8(12-11)10(6)7;13-11-8-5-1-3-7-4-2-6-9(12-11)10(7)8;6-3-1-2-4(8)7-5(3)9/h1-5,12H,6-7H2,(H,17,20,21);1-5,12H,6-7,17H2,(H,18,20,21);1-5H,(H,12,14);1-6H,(H,12,13);3H,1-2H2,(H,7,8,9). The minimum atomic E-state index is -0.799. The van der Waals surface area contributed by atoms with Gasteiger partial charge in [0.15, 0.2) is 0 Å². The van der Waals surface area contributed by atoms with E-state index in [1.807, 2.05) is 42.5 Å². The van der Waals surface area contributed by atoms with Crippen molar-refractivity contribution in [2.75, 3.05) is 26.2 Å². The van der Waals surface area contributed by atoms with Crippen LogP contribution in [0.5, 0.6) is 0 Å². The number of imide groups is 3. The Bertz CT molecular complexity index is 4330. The Morgan fingerprint density at radius 2 is 0.857 bits per heavy atom. The lowest BCUT2D eigenvalue weighted by molar-refractivity contribution is -0.383. The Balaban J connectivity index is 0.000000114. The van der Waals surface area contributed by atoms with Crippen molar-refractivity contribution in [3.63, 3.8) is 0 Å². The molecule has 8 aromatic carbocycles. The molecule has 25 heteroatoms. The fourth-order valence-electron chi connectivity index (χ4n) is 11.2. The number of nitrogens with zero attached hydrogens (tertiary/aromatic N) is 4. The number of hydrogen-bond donors (Lipinski definition) is 6. The number of amides is 10. The van der Waals surface area contributed by atoms with Gasteiger partial charge in [0, 0.05) is 86.4 Å². The van der Waals surface area contributed by atoms with Crippen molar-refractivity contribution in [1.29, 1.82) is 0 Å². The van der Waals surface area contributed by atoms with Crippen molar-refractivity contribution >= 4 is 158 Å². The highest BCUT2D eigenvalue weighted by Gasteiger charge is 2.43. The zero-order valence-corrected chi connectivity index (χ0v) is 45.1. The van der Waals surface area contributed by atoms with E-state index < -0.39 is 33.7 Å². The Morgan fingerprint density at radius 1 is 0.440 bits per heavy atom. The number of nitro benzene ring substituents is 2. The molecule has 15 rings (SSSR count). The fourth-order valence-corrected chi connectivity index (χ4v) is 11.5. The summed E-state index contributed by atoms with van der Waals surface area (Å²) in [4.78, 5) is 140. The molecule has 7 aliphatic heterocycles. The summed E-state index contributed by atoms with van der Waals surface area (Å²) >= 11 is 3.12. The first-order chi connectivity index (χ1) is 40.3. The molecule has 0 aliphatic carbocycles. The SMILES string of the molecule is Nc1ccc2c3c(cccc13)C(=O)N2C1CCC(=O)NC1=O.O=C1CCC(Br)C(=O)N1.O=C1CCC(N2C(=O)c3cccc4c([N+](=O)[O-])ccc2c34)C(=O)N1.O=C1Nc2ccc([N+](=O)[O-])c3cccc1c23.O=C1Nc2cccc3cccc1c23. The van der Waals surface area contributed by atoms with Gasteiger partial charge in [-0.05, 0) is 91.4 Å². The molecule has 0 spiro atoms. The van der Waals surface area contributed by atoms with E-state index in [0.29, 0.717) is 80.2 Å². The maximum atomic E-state index is 12.8. The minimum Gasteiger partial charge on any atom is -0.398 e. The smallest absolute Gasteiger partial charge is 0.277 e. The van der Waals surface area contributed by atoms with Gasteiger partial charge in [-0.3, -0.25) is 93.9 Å². The van der Waals surface area contributed by atoms with Crippen LogP contribution in [0.4, 0.5) is 39.8 Å². The summed E-state index contributed by atoms with van der Waals surface area (Å²) in [7, 11) is 0. The number of anilines is 5. The van der Waals surface area contributed by atoms with Crippen LogP contribution in [-0.4, -0.2) is 85.8 Å². The molecule has 7 heterocycles. The van der Waals surface area contributed by atoms with E-state index in [2.05, 4.69) is 42.5 Å². The highest BCUT2D eigenvalue weighted by atomic mass is 79.9. The van der Waals surface area contributed by atoms with Crippen LogP contribution in [0.1, 0.15) is 80.0 Å². The third-order valence-electron chi connectivity index (χ3n) is 15.0. The topological polar surface area (TPSA) is 350 Å². The number of piperidine rings is 3. The van der Waals surface area contributed by atoms with Crippen LogP contribution in [0, 0.1) is 20.2 Å². The van der Waals surface area contributed by atoms with E-state index in [1.54, 1.807) is 66.7 Å². The van der Waals surface area contributed by atoms with Crippen LogP contribution in [0.25, 0.3) is 43.1 Å². The van der Waals surface area contributed by atoms with Gasteiger partial charge in [0.2, 0.25) is 35.4 Å². The lowest BCUT2D eigenvalue weighted by Gasteiger charge is -2.30. The number of benzene rings is 8. The van der Waals surface area contributed by atoms with Gasteiger partial charge >= 0.3 is 0 Å². The highest BCUT2D eigenvalue weighted by molar-refractivity contribution is 9.10. The quantitative estimate of drug-likeness (QED) is 0.0325. The molecule has 3 unspecified atom stereocenters. The summed E-state index contributed by atoms with van der Waals surface area (Å²) in [6, 6.07) is 34.6. The second-order valence-corrected chi connectivity index (χ2v) is 21.0. The van der Waals surface area contributed by atoms with Gasteiger partial charge in [-0.15, -0.1) is 0 Å². The van der Waals surface area contributed by atoms with Gasteiger partial charge in [-0.2, -0.15) is 0 Å². The molecule has 3 saturated heterocycles. The molecule has 10 amide bonds. The number of non-ortho nitro benzene ring substituents is 2. The molecule has 420 valence electrons. The summed E-state index contributed by atoms with van der Waals surface area (Å²) in [5, 5.41) is 40.0. The number of nitrogens with one attached hydrogen (secondary N) is 5. The van der Waals surface area contributed by atoms with E-state index in [0.717, 1.165) is 32.8 Å². The Morgan fingerprint density at radius 3 is 1.37 bits per heavy atom. The van der Waals surface area contributed by atoms with Crippen molar-refractivity contribution in [1.82, 2.24) is 16.0 Å². The van der Waals surface area contributed by atoms with Gasteiger partial charge < -0.3 is 16.4 Å². The largest absolute Gasteiger partial charge is 0.398 e. The first-order valence-corrected chi connectivity index (χ1v) is 26.9. The first-order valence-electron chi connectivity index (χ1n) is 26.0. The van der Waals surface area contributed by atoms with Crippen LogP contribution in [-0.2, 0) is 28.8 Å². The van der Waals surface area contributed by atoms with Crippen LogP contribution in [0.15, 0.2) is 127 Å². The molecule has 0 saturated carbocycles. The Hall–Kier alpha value is -10.8. The molecule has 8 aromatic rings. The third kappa shape index (κ3) is 9.80. The number of halogens is 1. The van der Waals surface area contributed by atoms with Crippen LogP contribution in [0.2, 0.25) is 0 Å². The van der Waals surface area contributed by atoms with Gasteiger partial charge in [-0.25, -0.2) is 0 Å². The fraction of sp³-hybridized carbons (Fsp3) is 0.153. The van der Waals surface area contributed by atoms with Gasteiger partial charge in [-0.1, -0.05) is 64.5 Å². The molecule has 3 atom stereocenters. The van der Waals surface area contributed by atoms with Crippen molar-refractivity contribution in [3.05, 3.63) is 170 Å². The van der Waals surface area contributed by atoms with Crippen molar-refractivity contribution in [2.24, 2.45) is 0 Å². The van der Waals surface area contributed by atoms with Crippen LogP contribution in [0.3, 0.4) is 0 Å². The summed E-state index contributed by atoms with van der Waals surface area (Å²) < 4.78 is 0. The van der Waals surface area contributed by atoms with E-state index in [4.69, 9.17) is 5.73 Å². The molecule has 84 heavy (non-hydrogen) atoms. The average Bonchev–Trinajstić information content (AvgIpc) is 1.78. The van der Waals surface area contributed by atoms with Gasteiger partial charge in [0.25, 0.3) is 35.0 Å². The molecular formula is C59H43BrN10O14. The van der Waals surface area contributed by atoms with Crippen molar-refractivity contribution in [2.45, 2.75) is 55.4 Å². The summed E-state index contributed by atoms with van der Waals surface area (Å²) in [5.41, 5.74) is 11.4. The molecule has 0 radical (unpaired) electrons. The summed E-state index contributed by atoms with van der Waals surface area (Å²) in [6.45, 7) is 0. The van der Waals surface area contributed by atoms with Gasteiger partial charge in [0.1, 0.15) is 12.1 Å². The summed E-state index contributed by atoms with van der Waals surface area (Å²) in [6.07, 6.45) is 1.99. The number of nitrogen functional groups attached to an aromatic ring is 1. The number of nitro groups is 2. The van der Waals surface area contributed by atoms with E-state index in [-0.39, 0.29) is 82.7 Å². The zero-order valence-electron chi connectivity index (χ0n) is 43.6. The monoisotopic (exact) mass is 1190 g/mol. The zero-order chi connectivity index (χ0) is 59.4. The van der Waals surface area contributed by atoms with E-state index >= 15 is 0 Å². The maximum Gasteiger partial charge on any atom is 0.277 e. The van der Waals surface area contributed by atoms with Crippen molar-refractivity contribution < 1.29 is 57.8 Å². The predicted octanol–water partition coefficient (Wildman–Crippen LogP) is 7.61. The molecule has 0 aromatic heterocycles. The predicted molar refractivity (Wildman–Crippen MR) is 310 cm³/mol. The Kier molecular flexibility index (Phi) is 14.4. The second-order valence-electron chi connectivity index (χ2n) is 19.9. The molecule has 3 fully saturated rings. The molecule has 7 aliphatic rings. The number of alkyl halides is 1. The van der Waals surface area contributed by atoms with Gasteiger partial charge in [0.05, 0.1) is 48.1 Å². The number of carbonyl (C=O) groups excluding carboxylic acids is 10. The number of rotatable bonds is 4. The number of carbonyl (C=O) groups is 10. The third-order valence-corrected chi connectivity index (χ3v) is 15.9. The number of nitrogens with two attached hydrogens (primary N) is 1. The van der Waals surface area contributed by atoms with Crippen LogP contribution < -0.4 is 42.1 Å². The van der Waals surface area contributed by atoms with E-state index in [9.17, 15) is 68.2 Å². The Labute approximate surface area is 481 Å². The normalized spacial score (nSPS) is 18.6. The molecule has 7 N–H and O–H groups in total. The van der Waals surface area contributed by atoms with Crippen LogP contribution >= 0.6 is 15.9 Å². The lowest BCUT2D eigenvalue weighted by Crippen LogP contribution is -2.53. The average molecular weight is 1200 g/mol. The highest BCUT2D eigenvalue weighted by Crippen LogP contribution is 2.44. The molecular weight excluding hydrogens is 1150 g/mol. The van der Waals surface area contributed by atoms with Crippen molar-refractivity contribution in [3.8, 4) is 0 Å². The summed E-state index contributed by atoms with van der Waals surface area (Å²) in [5.74, 6) is -2.82. The van der Waals surface area contributed by atoms with E-state index in [1.165, 1.54) is 28.0 Å². The first kappa shape index (κ1) is 55.1. The lowest BCUT2D eigenvalue weighted by atomic mass is 10.0. The number of hydrogen-bond acceptors (Lipinski definition) is 15. The maximum absolute atomic E-state index is 12.8. The minimum absolute atomic E-state index is 0.00630. The second kappa shape index (κ2) is 21.9. The molecule has 24 nitrogen and oxygen atoms in total. The molecule has 0 bridgehead atoms.